The molecule has 0 spiro atoms. The number of nitrogens with one attached hydrogen (secondary N) is 2. The first-order chi connectivity index (χ1) is 59.4. The molecular formula is C98H179N2O21P. The van der Waals surface area contributed by atoms with Gasteiger partial charge in [0.1, 0.15) is 49.2 Å². The number of hydrogen-bond donors (Lipinski definition) is 5. The SMILES string of the molecule is CCCCCCCCCCCCCC(=O)N[C@@H]1[C@@H](OC(=O)C[C@@H](CCCCCCCCCCC)OC(=O)CCCCCCCCCCCCC)[C@H](O[P+](=O)[O-])[C@@H](CO)O[C@@H]1C(=O)OC[C@H]1O[C@H](C(=O)O)[C@H](NC(=O)CCCCCCCCCCCCC)[C@@H](OC(=O)C[C@@H](CCCCCCCCCCC)OC(=O)CCCCCCCCCCCCC)[C@@H]1O. The van der Waals surface area contributed by atoms with Crippen LogP contribution in [0, 0.1) is 0 Å². The number of hydrogen-bond acceptors (Lipinski definition) is 20. The van der Waals surface area contributed by atoms with Crippen LogP contribution in [0.3, 0.4) is 0 Å². The van der Waals surface area contributed by atoms with Gasteiger partial charge in [-0.3, -0.25) is 28.8 Å². The van der Waals surface area contributed by atoms with Crippen molar-refractivity contribution in [1.29, 1.82) is 0 Å². The fourth-order valence-electron chi connectivity index (χ4n) is 17.0. The van der Waals surface area contributed by atoms with Crippen LogP contribution < -0.4 is 15.5 Å². The first-order valence-corrected chi connectivity index (χ1v) is 51.6. The molecular weight excluding hydrogens is 1570 g/mol. The maximum atomic E-state index is 15.1. The summed E-state index contributed by atoms with van der Waals surface area (Å²) in [6.07, 6.45) is 47.2. The average Bonchev–Trinajstić information content (AvgIpc) is 0.781. The van der Waals surface area contributed by atoms with Crippen LogP contribution in [0.2, 0.25) is 0 Å². The van der Waals surface area contributed by atoms with Crippen LogP contribution in [0.1, 0.15) is 491 Å². The molecule has 0 saturated carbocycles. The predicted molar refractivity (Wildman–Crippen MR) is 482 cm³/mol. The van der Waals surface area contributed by atoms with Gasteiger partial charge in [-0.15, -0.1) is 4.52 Å². The highest BCUT2D eigenvalue weighted by Crippen LogP contribution is 2.34. The molecule has 2 saturated heterocycles. The van der Waals surface area contributed by atoms with E-state index in [1.54, 1.807) is 0 Å². The zero-order valence-electron chi connectivity index (χ0n) is 78.0. The lowest BCUT2D eigenvalue weighted by atomic mass is 9.91. The van der Waals surface area contributed by atoms with E-state index in [1.165, 1.54) is 161 Å². The Hall–Kier alpha value is -4.38. The molecule has 2 fully saturated rings. The van der Waals surface area contributed by atoms with Gasteiger partial charge in [-0.25, -0.2) is 9.59 Å². The zero-order valence-corrected chi connectivity index (χ0v) is 78.9. The van der Waals surface area contributed by atoms with Crippen molar-refractivity contribution in [3.8, 4) is 0 Å². The number of esters is 5. The average molecular weight is 1750 g/mol. The number of amides is 2. The molecule has 0 aromatic heterocycles. The van der Waals surface area contributed by atoms with Crippen LogP contribution in [0.25, 0.3) is 0 Å². The fraction of sp³-hybridized carbons (Fsp3) is 0.918. The Bertz CT molecular complexity index is 2620. The van der Waals surface area contributed by atoms with Gasteiger partial charge in [-0.1, -0.05) is 401 Å². The Morgan fingerprint density at radius 3 is 0.918 bits per heavy atom. The van der Waals surface area contributed by atoms with Crippen molar-refractivity contribution in [3.05, 3.63) is 0 Å². The molecule has 2 rings (SSSR count). The second kappa shape index (κ2) is 78.8. The fourth-order valence-corrected chi connectivity index (χ4v) is 17.4. The topological polar surface area (TPSA) is 335 Å². The molecule has 1 unspecified atom stereocenters. The van der Waals surface area contributed by atoms with Crippen LogP contribution in [0.5, 0.6) is 0 Å². The lowest BCUT2D eigenvalue weighted by Crippen LogP contribution is -2.68. The van der Waals surface area contributed by atoms with Crippen LogP contribution in [-0.4, -0.2) is 149 Å². The Kier molecular flexibility index (Phi) is 73.5. The Morgan fingerprint density at radius 2 is 0.623 bits per heavy atom. The summed E-state index contributed by atoms with van der Waals surface area (Å²) >= 11 is 0. The third kappa shape index (κ3) is 58.9. The van der Waals surface area contributed by atoms with E-state index in [1.807, 2.05) is 0 Å². The quantitative estimate of drug-likeness (QED) is 0.0163. The van der Waals surface area contributed by atoms with Gasteiger partial charge in [0.15, 0.2) is 30.5 Å². The van der Waals surface area contributed by atoms with Crippen molar-refractivity contribution in [2.24, 2.45) is 0 Å². The summed E-state index contributed by atoms with van der Waals surface area (Å²) in [5.41, 5.74) is 0. The van der Waals surface area contributed by atoms with Crippen LogP contribution in [0.15, 0.2) is 0 Å². The second-order valence-corrected chi connectivity index (χ2v) is 36.4. The number of aliphatic carboxylic acids is 1. The van der Waals surface area contributed by atoms with E-state index in [0.29, 0.717) is 57.8 Å². The Morgan fingerprint density at radius 1 is 0.352 bits per heavy atom. The molecule has 2 amide bonds. The van der Waals surface area contributed by atoms with E-state index >= 15 is 4.79 Å². The summed E-state index contributed by atoms with van der Waals surface area (Å²) in [6.45, 7) is 11.2. The molecule has 0 aliphatic carbocycles. The monoisotopic (exact) mass is 1750 g/mol. The predicted octanol–water partition coefficient (Wildman–Crippen LogP) is 22.9. The van der Waals surface area contributed by atoms with Crippen molar-refractivity contribution in [2.45, 2.75) is 564 Å². The van der Waals surface area contributed by atoms with E-state index in [-0.39, 0.29) is 25.7 Å². The maximum Gasteiger partial charge on any atom is 0.488 e. The largest absolute Gasteiger partial charge is 0.566 e. The van der Waals surface area contributed by atoms with Crippen molar-refractivity contribution >= 4 is 55.9 Å². The number of carboxylic acid groups (broad SMARTS) is 1. The van der Waals surface area contributed by atoms with Crippen LogP contribution in [-0.2, 0) is 80.6 Å². The number of unbranched alkanes of at least 4 members (excludes halogenated alkanes) is 56. The summed E-state index contributed by atoms with van der Waals surface area (Å²) in [6, 6.07) is -3.50. The molecule has 0 radical (unpaired) electrons. The summed E-state index contributed by atoms with van der Waals surface area (Å²) in [7, 11) is -3.80. The van der Waals surface area contributed by atoms with Gasteiger partial charge in [0, 0.05) is 25.7 Å². The third-order valence-electron chi connectivity index (χ3n) is 24.5. The normalized spacial score (nSPS) is 19.6. The lowest BCUT2D eigenvalue weighted by Gasteiger charge is -2.44. The number of carbonyl (C=O) groups excluding carboxylic acids is 7. The number of ether oxygens (including phenoxy) is 7. The second-order valence-electron chi connectivity index (χ2n) is 35.7. The molecule has 0 aromatic carbocycles. The minimum absolute atomic E-state index is 0.0266. The van der Waals surface area contributed by atoms with Crippen molar-refractivity contribution in [1.82, 2.24) is 10.6 Å². The number of carbonyl (C=O) groups is 8. The van der Waals surface area contributed by atoms with Crippen molar-refractivity contribution < 1.29 is 101 Å². The van der Waals surface area contributed by atoms with Gasteiger partial charge in [-0.2, -0.15) is 0 Å². The smallest absolute Gasteiger partial charge is 0.488 e. The van der Waals surface area contributed by atoms with Crippen LogP contribution in [0.4, 0.5) is 0 Å². The molecule has 2 heterocycles. The van der Waals surface area contributed by atoms with Gasteiger partial charge in [0.05, 0.1) is 19.4 Å². The van der Waals surface area contributed by atoms with Gasteiger partial charge >= 0.3 is 44.1 Å². The van der Waals surface area contributed by atoms with Gasteiger partial charge in [0.2, 0.25) is 11.8 Å². The number of rotatable bonds is 85. The van der Waals surface area contributed by atoms with Gasteiger partial charge < -0.3 is 64.0 Å². The zero-order chi connectivity index (χ0) is 89.1. The summed E-state index contributed by atoms with van der Waals surface area (Å²) in [5, 5.41) is 40.1. The molecule has 2 aliphatic rings. The Balaban J connectivity index is 2.65. The summed E-state index contributed by atoms with van der Waals surface area (Å²) < 4.78 is 60.8. The Labute approximate surface area is 740 Å². The van der Waals surface area contributed by atoms with Gasteiger partial charge in [-0.05, 0) is 55.9 Å². The highest BCUT2D eigenvalue weighted by atomic mass is 31.1. The minimum Gasteiger partial charge on any atom is -0.566 e. The minimum atomic E-state index is -3.80. The molecule has 0 aromatic rings. The highest BCUT2D eigenvalue weighted by molar-refractivity contribution is 7.30. The summed E-state index contributed by atoms with van der Waals surface area (Å²) in [4.78, 5) is 127. The molecule has 0 bridgehead atoms. The molecule has 24 heteroatoms. The molecule has 2 aliphatic heterocycles. The maximum absolute atomic E-state index is 15.1. The van der Waals surface area contributed by atoms with E-state index in [0.717, 1.165) is 193 Å². The molecule has 13 atom stereocenters. The van der Waals surface area contributed by atoms with Crippen LogP contribution >= 0.6 is 8.25 Å². The first-order valence-electron chi connectivity index (χ1n) is 50.5. The molecule has 712 valence electrons. The van der Waals surface area contributed by atoms with Gasteiger partial charge in [0.25, 0.3) is 0 Å². The van der Waals surface area contributed by atoms with Crippen molar-refractivity contribution in [3.63, 3.8) is 0 Å². The number of carboxylic acids is 1. The molecule has 5 N–H and O–H groups in total. The van der Waals surface area contributed by atoms with E-state index in [2.05, 4.69) is 52.2 Å². The van der Waals surface area contributed by atoms with Crippen molar-refractivity contribution in [2.75, 3.05) is 13.2 Å². The number of aliphatic hydroxyl groups is 2. The van der Waals surface area contributed by atoms with E-state index in [9.17, 15) is 58.3 Å². The number of aliphatic hydroxyl groups excluding tert-OH is 2. The first kappa shape index (κ1) is 114. The molecule has 23 nitrogen and oxygen atoms in total. The van der Waals surface area contributed by atoms with E-state index in [4.69, 9.17) is 37.7 Å². The van der Waals surface area contributed by atoms with E-state index < -0.39 is 155 Å². The standard InChI is InChI=1S/C98H179N2O21P/c1-7-13-19-25-31-37-41-47-53-59-65-71-83(102)99-89-93(119-87(106)75-79(69-63-57-51-45-35-29-23-17-11-5)115-85(104)73-67-61-55-49-43-39-33-27-21-15-9-3)91(108)82(118-95(89)97(109)110)78-114-98(111)96-90(100-84(103)72-66-60-54-48-42-38-32-26-20-14-8-2)94(92(121-122(112)113)81(77-101)117-96)120-88(107)76-80(70-64-58-52-46-36-30-24-18-12-6)116-86(105)74-68-62-56-50-44-40-34-28-22-16-10-4/h79-82,89-96,101,108H,7-78H2,1-6H3,(H,99,102)(H,100,103)(H,109,110)/t79-,80-,81-,82-,89-,90-,91-,92-,93-,94-,95+,96+/m1/s1. The highest BCUT2D eigenvalue weighted by Gasteiger charge is 2.56. The molecule has 122 heavy (non-hydrogen) atoms. The summed E-state index contributed by atoms with van der Waals surface area (Å²) in [5.74, 6) is -7.12. The lowest BCUT2D eigenvalue weighted by molar-refractivity contribution is -0.237. The third-order valence-corrected chi connectivity index (χ3v) is 24.9.